The lowest BCUT2D eigenvalue weighted by atomic mass is 10.1. The van der Waals surface area contributed by atoms with Gasteiger partial charge in [-0.05, 0) is 24.3 Å². The Labute approximate surface area is 103 Å². The number of aryl methyl sites for hydroxylation is 1. The molecular formula is C13H10FN3O. The SMILES string of the molecule is N#Cc1nccn1CCC(=O)c1ccc(F)cc1. The van der Waals surface area contributed by atoms with E-state index in [-0.39, 0.29) is 23.8 Å². The molecule has 2 aromatic rings. The summed E-state index contributed by atoms with van der Waals surface area (Å²) in [5.41, 5.74) is 0.468. The van der Waals surface area contributed by atoms with E-state index in [4.69, 9.17) is 5.26 Å². The fraction of sp³-hybridized carbons (Fsp3) is 0.154. The Morgan fingerprint density at radius 2 is 2.11 bits per heavy atom. The van der Waals surface area contributed by atoms with Crippen LogP contribution < -0.4 is 0 Å². The molecule has 0 spiro atoms. The van der Waals surface area contributed by atoms with Gasteiger partial charge in [0.2, 0.25) is 5.82 Å². The van der Waals surface area contributed by atoms with Crippen LogP contribution in [0.15, 0.2) is 36.7 Å². The van der Waals surface area contributed by atoms with Crippen LogP contribution >= 0.6 is 0 Å². The van der Waals surface area contributed by atoms with E-state index < -0.39 is 0 Å². The van der Waals surface area contributed by atoms with E-state index in [2.05, 4.69) is 4.98 Å². The van der Waals surface area contributed by atoms with Crippen LogP contribution in [0.25, 0.3) is 0 Å². The third kappa shape index (κ3) is 2.61. The Hall–Kier alpha value is -2.48. The number of halogens is 1. The number of aromatic nitrogens is 2. The Kier molecular flexibility index (Phi) is 3.49. The monoisotopic (exact) mass is 243 g/mol. The summed E-state index contributed by atoms with van der Waals surface area (Å²) in [5.74, 6) is -0.178. The van der Waals surface area contributed by atoms with Gasteiger partial charge in [0, 0.05) is 30.9 Å². The van der Waals surface area contributed by atoms with Gasteiger partial charge < -0.3 is 4.57 Å². The van der Waals surface area contributed by atoms with E-state index in [1.807, 2.05) is 6.07 Å². The molecule has 0 N–H and O–H groups in total. The molecular weight excluding hydrogens is 233 g/mol. The molecule has 1 aromatic carbocycles. The molecule has 18 heavy (non-hydrogen) atoms. The molecule has 5 heteroatoms. The summed E-state index contributed by atoms with van der Waals surface area (Å²) in [6.45, 7) is 0.388. The van der Waals surface area contributed by atoms with Crippen molar-refractivity contribution in [3.63, 3.8) is 0 Å². The highest BCUT2D eigenvalue weighted by Crippen LogP contribution is 2.07. The fourth-order valence-electron chi connectivity index (χ4n) is 1.60. The van der Waals surface area contributed by atoms with Crippen molar-refractivity contribution in [1.82, 2.24) is 9.55 Å². The summed E-state index contributed by atoms with van der Waals surface area (Å²) in [7, 11) is 0. The zero-order valence-electron chi connectivity index (χ0n) is 9.51. The molecule has 0 saturated heterocycles. The van der Waals surface area contributed by atoms with Gasteiger partial charge in [-0.15, -0.1) is 0 Å². The topological polar surface area (TPSA) is 58.7 Å². The van der Waals surface area contributed by atoms with Gasteiger partial charge in [0.05, 0.1) is 0 Å². The molecule has 4 nitrogen and oxygen atoms in total. The van der Waals surface area contributed by atoms with E-state index in [1.165, 1.54) is 30.5 Å². The largest absolute Gasteiger partial charge is 0.322 e. The molecule has 0 amide bonds. The van der Waals surface area contributed by atoms with Gasteiger partial charge >= 0.3 is 0 Å². The lowest BCUT2D eigenvalue weighted by molar-refractivity contribution is 0.0977. The normalized spacial score (nSPS) is 10.0. The number of hydrogen-bond acceptors (Lipinski definition) is 3. The second kappa shape index (κ2) is 5.23. The zero-order chi connectivity index (χ0) is 13.0. The number of hydrogen-bond donors (Lipinski definition) is 0. The minimum Gasteiger partial charge on any atom is -0.322 e. The molecule has 0 radical (unpaired) electrons. The van der Waals surface area contributed by atoms with Gasteiger partial charge in [0.25, 0.3) is 0 Å². The summed E-state index contributed by atoms with van der Waals surface area (Å²) < 4.78 is 14.3. The molecule has 0 bridgehead atoms. The second-order valence-electron chi connectivity index (χ2n) is 3.74. The molecule has 90 valence electrons. The maximum atomic E-state index is 12.7. The summed E-state index contributed by atoms with van der Waals surface area (Å²) in [6, 6.07) is 7.36. The van der Waals surface area contributed by atoms with Crippen molar-refractivity contribution in [3.8, 4) is 6.07 Å². The van der Waals surface area contributed by atoms with Crippen LogP contribution in [0.1, 0.15) is 22.6 Å². The standard InChI is InChI=1S/C13H10FN3O/c14-11-3-1-10(2-4-11)12(18)5-7-17-8-6-16-13(17)9-15/h1-4,6,8H,5,7H2. The van der Waals surface area contributed by atoms with E-state index in [9.17, 15) is 9.18 Å². The smallest absolute Gasteiger partial charge is 0.212 e. The van der Waals surface area contributed by atoms with Crippen LogP contribution in [-0.4, -0.2) is 15.3 Å². The van der Waals surface area contributed by atoms with Crippen LogP contribution in [0, 0.1) is 17.1 Å². The molecule has 0 saturated carbocycles. The highest BCUT2D eigenvalue weighted by molar-refractivity contribution is 5.95. The lowest BCUT2D eigenvalue weighted by Gasteiger charge is -2.03. The molecule has 0 unspecified atom stereocenters. The highest BCUT2D eigenvalue weighted by Gasteiger charge is 2.08. The van der Waals surface area contributed by atoms with Gasteiger partial charge in [-0.3, -0.25) is 4.79 Å². The minimum atomic E-state index is -0.368. The van der Waals surface area contributed by atoms with Crippen molar-refractivity contribution in [1.29, 1.82) is 5.26 Å². The molecule has 1 aromatic heterocycles. The van der Waals surface area contributed by atoms with Gasteiger partial charge in [-0.2, -0.15) is 5.26 Å². The van der Waals surface area contributed by atoms with Crippen molar-refractivity contribution in [2.75, 3.05) is 0 Å². The summed E-state index contributed by atoms with van der Waals surface area (Å²) in [6.07, 6.45) is 3.41. The third-order valence-corrected chi connectivity index (χ3v) is 2.56. The Morgan fingerprint density at radius 1 is 1.39 bits per heavy atom. The molecule has 0 atom stereocenters. The summed E-state index contributed by atoms with van der Waals surface area (Å²) in [5, 5.41) is 8.76. The van der Waals surface area contributed by atoms with E-state index >= 15 is 0 Å². The maximum Gasteiger partial charge on any atom is 0.212 e. The van der Waals surface area contributed by atoms with Crippen molar-refractivity contribution in [2.24, 2.45) is 0 Å². The lowest BCUT2D eigenvalue weighted by Crippen LogP contribution is -2.07. The minimum absolute atomic E-state index is 0.0902. The predicted molar refractivity (Wildman–Crippen MR) is 62.3 cm³/mol. The van der Waals surface area contributed by atoms with E-state index in [0.29, 0.717) is 12.1 Å². The average molecular weight is 243 g/mol. The molecule has 0 fully saturated rings. The number of carbonyl (C=O) groups is 1. The van der Waals surface area contributed by atoms with Crippen LogP contribution in [0.2, 0.25) is 0 Å². The predicted octanol–water partition coefficient (Wildman–Crippen LogP) is 2.17. The summed E-state index contributed by atoms with van der Waals surface area (Å²) in [4.78, 5) is 15.6. The first-order chi connectivity index (χ1) is 8.70. The Bertz CT molecular complexity index is 595. The van der Waals surface area contributed by atoms with Crippen LogP contribution in [-0.2, 0) is 6.54 Å². The van der Waals surface area contributed by atoms with Gasteiger partial charge in [0.15, 0.2) is 5.78 Å². The van der Waals surface area contributed by atoms with E-state index in [0.717, 1.165) is 0 Å². The molecule has 0 aliphatic rings. The molecule has 2 rings (SSSR count). The number of Topliss-reactive ketones (excluding diaryl/α,β-unsaturated/α-hetero) is 1. The van der Waals surface area contributed by atoms with Crippen LogP contribution in [0.5, 0.6) is 0 Å². The molecule has 1 heterocycles. The van der Waals surface area contributed by atoms with Gasteiger partial charge in [0.1, 0.15) is 11.9 Å². The van der Waals surface area contributed by atoms with Crippen LogP contribution in [0.4, 0.5) is 4.39 Å². The van der Waals surface area contributed by atoms with Crippen molar-refractivity contribution < 1.29 is 9.18 Å². The molecule has 0 aliphatic carbocycles. The Morgan fingerprint density at radius 3 is 2.78 bits per heavy atom. The Balaban J connectivity index is 2.01. The first-order valence-electron chi connectivity index (χ1n) is 5.40. The number of ketones is 1. The second-order valence-corrected chi connectivity index (χ2v) is 3.74. The van der Waals surface area contributed by atoms with Crippen molar-refractivity contribution >= 4 is 5.78 Å². The number of imidazole rings is 1. The first-order valence-corrected chi connectivity index (χ1v) is 5.40. The van der Waals surface area contributed by atoms with Gasteiger partial charge in [-0.1, -0.05) is 0 Å². The maximum absolute atomic E-state index is 12.7. The number of benzene rings is 1. The number of rotatable bonds is 4. The quantitative estimate of drug-likeness (QED) is 0.773. The third-order valence-electron chi connectivity index (χ3n) is 2.56. The first kappa shape index (κ1) is 12.0. The number of nitriles is 1. The van der Waals surface area contributed by atoms with Crippen LogP contribution in [0.3, 0.4) is 0 Å². The average Bonchev–Trinajstić information content (AvgIpc) is 2.84. The number of carbonyl (C=O) groups excluding carboxylic acids is 1. The van der Waals surface area contributed by atoms with E-state index in [1.54, 1.807) is 10.8 Å². The van der Waals surface area contributed by atoms with Crippen molar-refractivity contribution in [3.05, 3.63) is 53.9 Å². The molecule has 0 aliphatic heterocycles. The van der Waals surface area contributed by atoms with Gasteiger partial charge in [-0.25, -0.2) is 9.37 Å². The van der Waals surface area contributed by atoms with Crippen molar-refractivity contribution in [2.45, 2.75) is 13.0 Å². The fourth-order valence-corrected chi connectivity index (χ4v) is 1.60. The highest BCUT2D eigenvalue weighted by atomic mass is 19.1. The summed E-state index contributed by atoms with van der Waals surface area (Å²) >= 11 is 0. The zero-order valence-corrected chi connectivity index (χ0v) is 9.51. The number of nitrogens with zero attached hydrogens (tertiary/aromatic N) is 3.